The van der Waals surface area contributed by atoms with E-state index in [9.17, 15) is 0 Å². The van der Waals surface area contributed by atoms with E-state index >= 15 is 0 Å². The van der Waals surface area contributed by atoms with E-state index in [0.29, 0.717) is 0 Å². The van der Waals surface area contributed by atoms with Crippen LogP contribution in [-0.2, 0) is 4.32 Å². The molecule has 0 bridgehead atoms. The third-order valence-electron chi connectivity index (χ3n) is 1.70. The van der Waals surface area contributed by atoms with Crippen LogP contribution in [0.5, 0.6) is 0 Å². The second-order valence-corrected chi connectivity index (χ2v) is 5.32. The van der Waals surface area contributed by atoms with Gasteiger partial charge in [-0.2, -0.15) is 0 Å². The Kier molecular flexibility index (Phi) is 2.38. The zero-order valence-corrected chi connectivity index (χ0v) is 8.77. The van der Waals surface area contributed by atoms with E-state index in [-0.39, 0.29) is 4.32 Å². The molecule has 0 atom stereocenters. The van der Waals surface area contributed by atoms with Gasteiger partial charge in [-0.3, -0.25) is 0 Å². The number of rotatable bonds is 1. The number of benzene rings is 1. The fraction of sp³-hybridized carbons (Fsp3) is 0.400. The van der Waals surface area contributed by atoms with Gasteiger partial charge in [-0.15, -0.1) is 0 Å². The van der Waals surface area contributed by atoms with Gasteiger partial charge in [0.1, 0.15) is 0 Å². The highest BCUT2D eigenvalue weighted by Crippen LogP contribution is 2.29. The van der Waals surface area contributed by atoms with Crippen LogP contribution in [0.1, 0.15) is 25.0 Å². The molecule has 0 spiro atoms. The van der Waals surface area contributed by atoms with Gasteiger partial charge >= 0.3 is 0 Å². The molecule has 0 fully saturated rings. The van der Waals surface area contributed by atoms with Gasteiger partial charge in [0.2, 0.25) is 0 Å². The number of hydrogen-bond acceptors (Lipinski definition) is 0. The molecule has 0 N–H and O–H groups in total. The van der Waals surface area contributed by atoms with Crippen LogP contribution in [0.3, 0.4) is 0 Å². The van der Waals surface area contributed by atoms with Crippen LogP contribution in [0.25, 0.3) is 0 Å². The minimum atomic E-state index is 0.0963. The molecule has 0 aliphatic carbocycles. The highest BCUT2D eigenvalue weighted by Gasteiger charge is 2.14. The molecule has 0 aromatic heterocycles. The van der Waals surface area contributed by atoms with Gasteiger partial charge in [-0.05, 0) is 26.3 Å². The van der Waals surface area contributed by atoms with Gasteiger partial charge in [-0.25, -0.2) is 0 Å². The Balaban J connectivity index is 3.06. The standard InChI is InChI=1S/C10H13Br/c1-8-5-4-6-9(7-8)10(2,3)11/h4-7H,1-3H3. The Labute approximate surface area is 76.8 Å². The van der Waals surface area contributed by atoms with Crippen LogP contribution in [-0.4, -0.2) is 0 Å². The van der Waals surface area contributed by atoms with Gasteiger partial charge < -0.3 is 0 Å². The van der Waals surface area contributed by atoms with Crippen molar-refractivity contribution in [1.82, 2.24) is 0 Å². The predicted molar refractivity (Wildman–Crippen MR) is 53.1 cm³/mol. The zero-order valence-electron chi connectivity index (χ0n) is 7.19. The van der Waals surface area contributed by atoms with Crippen LogP contribution in [0.4, 0.5) is 0 Å². The third-order valence-corrected chi connectivity index (χ3v) is 2.16. The third kappa shape index (κ3) is 2.33. The first-order valence-corrected chi connectivity index (χ1v) is 4.55. The SMILES string of the molecule is Cc1cccc(C(C)(C)Br)c1. The quantitative estimate of drug-likeness (QED) is 0.625. The smallest absolute Gasteiger partial charge is 0.0449 e. The van der Waals surface area contributed by atoms with Crippen LogP contribution in [0.2, 0.25) is 0 Å². The maximum absolute atomic E-state index is 3.62. The Bertz CT molecular complexity index is 245. The number of aryl methyl sites for hydroxylation is 1. The zero-order chi connectivity index (χ0) is 8.48. The van der Waals surface area contributed by atoms with Crippen molar-refractivity contribution < 1.29 is 0 Å². The molecule has 0 saturated heterocycles. The highest BCUT2D eigenvalue weighted by molar-refractivity contribution is 9.09. The molecule has 0 aliphatic heterocycles. The summed E-state index contributed by atoms with van der Waals surface area (Å²) in [7, 11) is 0. The summed E-state index contributed by atoms with van der Waals surface area (Å²) in [6.07, 6.45) is 0. The van der Waals surface area contributed by atoms with Crippen molar-refractivity contribution in [1.29, 1.82) is 0 Å². The molecule has 0 amide bonds. The summed E-state index contributed by atoms with van der Waals surface area (Å²) in [4.78, 5) is 0. The lowest BCUT2D eigenvalue weighted by atomic mass is 10.0. The second-order valence-electron chi connectivity index (χ2n) is 3.34. The summed E-state index contributed by atoms with van der Waals surface area (Å²) < 4.78 is 0.0963. The maximum atomic E-state index is 3.62. The molecule has 60 valence electrons. The van der Waals surface area contributed by atoms with E-state index < -0.39 is 0 Å². The number of halogens is 1. The van der Waals surface area contributed by atoms with Crippen LogP contribution in [0.15, 0.2) is 24.3 Å². The Morgan fingerprint density at radius 1 is 1.27 bits per heavy atom. The first kappa shape index (κ1) is 8.79. The minimum Gasteiger partial charge on any atom is -0.0807 e. The molecule has 0 radical (unpaired) electrons. The summed E-state index contributed by atoms with van der Waals surface area (Å²) in [5.41, 5.74) is 2.65. The monoisotopic (exact) mass is 212 g/mol. The Morgan fingerprint density at radius 2 is 1.91 bits per heavy atom. The highest BCUT2D eigenvalue weighted by atomic mass is 79.9. The van der Waals surface area contributed by atoms with Crippen molar-refractivity contribution in [2.45, 2.75) is 25.1 Å². The molecule has 1 aromatic rings. The summed E-state index contributed by atoms with van der Waals surface area (Å²) in [5.74, 6) is 0. The molecule has 0 nitrogen and oxygen atoms in total. The molecular formula is C10H13Br. The van der Waals surface area contributed by atoms with Gasteiger partial charge in [-0.1, -0.05) is 45.8 Å². The average Bonchev–Trinajstić information content (AvgIpc) is 1.86. The van der Waals surface area contributed by atoms with Gasteiger partial charge in [0, 0.05) is 4.32 Å². The summed E-state index contributed by atoms with van der Waals surface area (Å²) in [6, 6.07) is 8.55. The molecule has 0 aliphatic rings. The molecule has 0 unspecified atom stereocenters. The molecule has 1 aromatic carbocycles. The normalized spacial score (nSPS) is 11.6. The van der Waals surface area contributed by atoms with E-state index in [1.807, 2.05) is 0 Å². The number of hydrogen-bond donors (Lipinski definition) is 0. The molecule has 1 rings (SSSR count). The molecule has 1 heteroatoms. The van der Waals surface area contributed by atoms with Crippen molar-refractivity contribution >= 4 is 15.9 Å². The van der Waals surface area contributed by atoms with Crippen LogP contribution >= 0.6 is 15.9 Å². The van der Waals surface area contributed by atoms with Gasteiger partial charge in [0.05, 0.1) is 0 Å². The molecular weight excluding hydrogens is 200 g/mol. The lowest BCUT2D eigenvalue weighted by Crippen LogP contribution is -2.06. The maximum Gasteiger partial charge on any atom is 0.0449 e. The lowest BCUT2D eigenvalue weighted by Gasteiger charge is -2.16. The first-order valence-electron chi connectivity index (χ1n) is 3.76. The van der Waals surface area contributed by atoms with Gasteiger partial charge in [0.15, 0.2) is 0 Å². The van der Waals surface area contributed by atoms with Crippen molar-refractivity contribution in [2.24, 2.45) is 0 Å². The lowest BCUT2D eigenvalue weighted by molar-refractivity contribution is 0.802. The molecule has 0 heterocycles. The van der Waals surface area contributed by atoms with Crippen molar-refractivity contribution in [3.63, 3.8) is 0 Å². The Hall–Kier alpha value is -0.300. The van der Waals surface area contributed by atoms with Gasteiger partial charge in [0.25, 0.3) is 0 Å². The van der Waals surface area contributed by atoms with Crippen LogP contribution < -0.4 is 0 Å². The fourth-order valence-electron chi connectivity index (χ4n) is 1.01. The average molecular weight is 213 g/mol. The number of alkyl halides is 1. The first-order chi connectivity index (χ1) is 5.00. The summed E-state index contributed by atoms with van der Waals surface area (Å²) in [5, 5.41) is 0. The Morgan fingerprint density at radius 3 is 2.27 bits per heavy atom. The van der Waals surface area contributed by atoms with Crippen LogP contribution in [0, 0.1) is 6.92 Å². The minimum absolute atomic E-state index is 0.0963. The summed E-state index contributed by atoms with van der Waals surface area (Å²) in [6.45, 7) is 6.42. The summed E-state index contributed by atoms with van der Waals surface area (Å²) >= 11 is 3.62. The predicted octanol–water partition coefficient (Wildman–Crippen LogP) is 3.63. The van der Waals surface area contributed by atoms with E-state index in [0.717, 1.165) is 0 Å². The van der Waals surface area contributed by atoms with E-state index in [4.69, 9.17) is 0 Å². The van der Waals surface area contributed by atoms with E-state index in [2.05, 4.69) is 61.0 Å². The topological polar surface area (TPSA) is 0 Å². The fourth-order valence-corrected chi connectivity index (χ4v) is 1.26. The van der Waals surface area contributed by atoms with Crippen molar-refractivity contribution in [2.75, 3.05) is 0 Å². The largest absolute Gasteiger partial charge is 0.0807 e. The van der Waals surface area contributed by atoms with Crippen molar-refractivity contribution in [3.8, 4) is 0 Å². The molecule has 0 saturated carbocycles. The second kappa shape index (κ2) is 2.98. The van der Waals surface area contributed by atoms with E-state index in [1.165, 1.54) is 11.1 Å². The molecule has 11 heavy (non-hydrogen) atoms. The van der Waals surface area contributed by atoms with Crippen molar-refractivity contribution in [3.05, 3.63) is 35.4 Å². The van der Waals surface area contributed by atoms with E-state index in [1.54, 1.807) is 0 Å².